The lowest BCUT2D eigenvalue weighted by Crippen LogP contribution is -2.45. The molecule has 39 heavy (non-hydrogen) atoms. The van der Waals surface area contributed by atoms with E-state index in [4.69, 9.17) is 14.6 Å². The number of aromatic amines is 1. The summed E-state index contributed by atoms with van der Waals surface area (Å²) in [4.78, 5) is 44.1. The quantitative estimate of drug-likeness (QED) is 0.264. The number of nitrogens with zero attached hydrogens (tertiary/aromatic N) is 4. The van der Waals surface area contributed by atoms with Crippen molar-refractivity contribution < 1.29 is 28.6 Å². The highest BCUT2D eigenvalue weighted by atomic mass is 19.1. The smallest absolute Gasteiger partial charge is 0.322 e. The van der Waals surface area contributed by atoms with Gasteiger partial charge in [0, 0.05) is 18.0 Å². The van der Waals surface area contributed by atoms with E-state index in [1.165, 1.54) is 18.3 Å². The van der Waals surface area contributed by atoms with Crippen molar-refractivity contribution in [2.45, 2.75) is 13.2 Å². The molecule has 4 aromatic rings. The Labute approximate surface area is 221 Å². The summed E-state index contributed by atoms with van der Waals surface area (Å²) < 4.78 is 25.5. The van der Waals surface area contributed by atoms with Crippen molar-refractivity contribution in [2.75, 3.05) is 30.4 Å². The fourth-order valence-electron chi connectivity index (χ4n) is 3.86. The summed E-state index contributed by atoms with van der Waals surface area (Å²) in [7, 11) is 0. The number of rotatable bonds is 8. The van der Waals surface area contributed by atoms with Crippen LogP contribution < -0.4 is 10.6 Å². The first-order valence-corrected chi connectivity index (χ1v) is 11.9. The molecule has 0 unspecified atom stereocenters. The SMILES string of the molecule is CC1(C(=O)Nc2cccnc2)COC(c2nc(-c3ccc(F)cc3)c(-c3ccnc(NCC(=O)O)n3)[nH]2)OC1. The molecule has 3 aromatic heterocycles. The third-order valence-corrected chi connectivity index (χ3v) is 5.95. The molecule has 0 saturated carbocycles. The summed E-state index contributed by atoms with van der Waals surface area (Å²) in [6.07, 6.45) is 3.72. The number of hydrogen-bond acceptors (Lipinski definition) is 9. The lowest BCUT2D eigenvalue weighted by atomic mass is 9.91. The molecule has 1 aromatic carbocycles. The van der Waals surface area contributed by atoms with Crippen molar-refractivity contribution in [3.05, 3.63) is 72.7 Å². The molecular formula is C26H24FN7O5. The molecule has 0 atom stereocenters. The minimum absolute atomic E-state index is 0.0580. The number of carboxylic acid groups (broad SMARTS) is 1. The van der Waals surface area contributed by atoms with Crippen molar-refractivity contribution in [3.63, 3.8) is 0 Å². The summed E-state index contributed by atoms with van der Waals surface area (Å²) in [5.41, 5.74) is 1.53. The van der Waals surface area contributed by atoms with Crippen LogP contribution in [-0.4, -0.2) is 61.7 Å². The van der Waals surface area contributed by atoms with E-state index in [9.17, 15) is 14.0 Å². The Morgan fingerprint density at radius 3 is 2.59 bits per heavy atom. The standard InChI is InChI=1S/C26H24FN7O5/c1-26(24(37)31-17-3-2-9-28-11-17)13-38-23(39-14-26)22-33-20(15-4-6-16(27)7-5-15)21(34-22)18-8-10-29-25(32-18)30-12-19(35)36/h2-11,23H,12-14H2,1H3,(H,31,37)(H,33,34)(H,35,36)(H,29,30,32). The Balaban J connectivity index is 1.39. The Kier molecular flexibility index (Phi) is 7.25. The summed E-state index contributed by atoms with van der Waals surface area (Å²) in [6.45, 7) is 1.49. The third-order valence-electron chi connectivity index (χ3n) is 5.95. The number of pyridine rings is 1. The number of nitrogens with one attached hydrogen (secondary N) is 3. The van der Waals surface area contributed by atoms with Gasteiger partial charge < -0.3 is 30.2 Å². The Hall–Kier alpha value is -4.75. The number of imidazole rings is 1. The monoisotopic (exact) mass is 533 g/mol. The van der Waals surface area contributed by atoms with Crippen LogP contribution in [0.25, 0.3) is 22.6 Å². The molecule has 1 aliphatic rings. The Bertz CT molecular complexity index is 1470. The molecule has 1 fully saturated rings. The van der Waals surface area contributed by atoms with Crippen LogP contribution in [0.3, 0.4) is 0 Å². The zero-order valence-corrected chi connectivity index (χ0v) is 20.7. The number of benzene rings is 1. The number of amides is 1. The highest BCUT2D eigenvalue weighted by Gasteiger charge is 2.41. The van der Waals surface area contributed by atoms with Gasteiger partial charge in [-0.15, -0.1) is 0 Å². The number of anilines is 2. The number of H-pyrrole nitrogens is 1. The maximum atomic E-state index is 13.6. The molecule has 1 aliphatic heterocycles. The second kappa shape index (κ2) is 10.9. The molecule has 0 bridgehead atoms. The first kappa shape index (κ1) is 25.9. The lowest BCUT2D eigenvalue weighted by molar-refractivity contribution is -0.229. The molecule has 13 heteroatoms. The largest absolute Gasteiger partial charge is 0.480 e. The van der Waals surface area contributed by atoms with Crippen LogP contribution in [0.2, 0.25) is 0 Å². The highest BCUT2D eigenvalue weighted by molar-refractivity contribution is 5.95. The van der Waals surface area contributed by atoms with Crippen LogP contribution in [0.4, 0.5) is 16.0 Å². The van der Waals surface area contributed by atoms with Gasteiger partial charge in [0.25, 0.3) is 0 Å². The minimum atomic E-state index is -1.06. The zero-order valence-electron chi connectivity index (χ0n) is 20.7. The predicted octanol–water partition coefficient (Wildman–Crippen LogP) is 3.25. The summed E-state index contributed by atoms with van der Waals surface area (Å²) in [6, 6.07) is 10.9. The predicted molar refractivity (Wildman–Crippen MR) is 137 cm³/mol. The van der Waals surface area contributed by atoms with E-state index in [1.807, 2.05) is 0 Å². The van der Waals surface area contributed by atoms with Crippen molar-refractivity contribution in [1.29, 1.82) is 0 Å². The van der Waals surface area contributed by atoms with Gasteiger partial charge in [0.15, 0.2) is 5.82 Å². The number of carbonyl (C=O) groups excluding carboxylic acids is 1. The molecule has 1 amide bonds. The van der Waals surface area contributed by atoms with E-state index in [1.54, 1.807) is 49.6 Å². The summed E-state index contributed by atoms with van der Waals surface area (Å²) in [5, 5.41) is 14.4. The highest BCUT2D eigenvalue weighted by Crippen LogP contribution is 2.36. The normalized spacial score (nSPS) is 18.9. The molecule has 0 spiro atoms. The van der Waals surface area contributed by atoms with E-state index in [0.29, 0.717) is 34.2 Å². The minimum Gasteiger partial charge on any atom is -0.480 e. The van der Waals surface area contributed by atoms with Gasteiger partial charge in [-0.3, -0.25) is 14.6 Å². The third kappa shape index (κ3) is 5.89. The molecule has 0 aliphatic carbocycles. The Morgan fingerprint density at radius 2 is 1.90 bits per heavy atom. The van der Waals surface area contributed by atoms with Gasteiger partial charge in [-0.05, 0) is 49.4 Å². The van der Waals surface area contributed by atoms with Crippen molar-refractivity contribution in [3.8, 4) is 22.6 Å². The number of carboxylic acids is 1. The van der Waals surface area contributed by atoms with Crippen molar-refractivity contribution in [1.82, 2.24) is 24.9 Å². The van der Waals surface area contributed by atoms with E-state index in [0.717, 1.165) is 0 Å². The maximum absolute atomic E-state index is 13.6. The summed E-state index contributed by atoms with van der Waals surface area (Å²) in [5.74, 6) is -1.31. The zero-order chi connectivity index (χ0) is 27.4. The van der Waals surface area contributed by atoms with E-state index < -0.39 is 23.5 Å². The topological polar surface area (TPSA) is 164 Å². The molecule has 200 valence electrons. The molecule has 4 N–H and O–H groups in total. The van der Waals surface area contributed by atoms with Crippen LogP contribution in [0.1, 0.15) is 19.0 Å². The second-order valence-corrected chi connectivity index (χ2v) is 9.08. The second-order valence-electron chi connectivity index (χ2n) is 9.08. The molecule has 1 saturated heterocycles. The van der Waals surface area contributed by atoms with Crippen LogP contribution in [0, 0.1) is 11.2 Å². The lowest BCUT2D eigenvalue weighted by Gasteiger charge is -2.35. The van der Waals surface area contributed by atoms with E-state index in [-0.39, 0.29) is 31.6 Å². The van der Waals surface area contributed by atoms with Gasteiger partial charge in [0.1, 0.15) is 12.4 Å². The fraction of sp³-hybridized carbons (Fsp3) is 0.231. The first-order chi connectivity index (χ1) is 18.8. The summed E-state index contributed by atoms with van der Waals surface area (Å²) >= 11 is 0. The Morgan fingerprint density at radius 1 is 1.13 bits per heavy atom. The molecule has 5 rings (SSSR count). The van der Waals surface area contributed by atoms with Crippen molar-refractivity contribution >= 4 is 23.5 Å². The van der Waals surface area contributed by atoms with Gasteiger partial charge in [0.05, 0.1) is 47.6 Å². The number of aromatic nitrogens is 5. The first-order valence-electron chi connectivity index (χ1n) is 11.9. The van der Waals surface area contributed by atoms with Crippen LogP contribution in [-0.2, 0) is 19.1 Å². The number of hydrogen-bond donors (Lipinski definition) is 4. The van der Waals surface area contributed by atoms with Crippen LogP contribution in [0.5, 0.6) is 0 Å². The maximum Gasteiger partial charge on any atom is 0.322 e. The number of aliphatic carboxylic acids is 1. The van der Waals surface area contributed by atoms with Gasteiger partial charge in [0.2, 0.25) is 18.1 Å². The van der Waals surface area contributed by atoms with Crippen LogP contribution in [0.15, 0.2) is 61.1 Å². The van der Waals surface area contributed by atoms with E-state index in [2.05, 4.69) is 35.6 Å². The van der Waals surface area contributed by atoms with Gasteiger partial charge in [-0.1, -0.05) is 0 Å². The molecule has 4 heterocycles. The number of ether oxygens (including phenoxy) is 2. The number of carbonyl (C=O) groups is 2. The average molecular weight is 534 g/mol. The fourth-order valence-corrected chi connectivity index (χ4v) is 3.86. The van der Waals surface area contributed by atoms with Gasteiger partial charge in [-0.25, -0.2) is 19.3 Å². The van der Waals surface area contributed by atoms with Gasteiger partial charge in [-0.2, -0.15) is 0 Å². The van der Waals surface area contributed by atoms with Gasteiger partial charge >= 0.3 is 5.97 Å². The van der Waals surface area contributed by atoms with Crippen molar-refractivity contribution in [2.24, 2.45) is 5.41 Å². The molecule has 12 nitrogen and oxygen atoms in total. The average Bonchev–Trinajstić information content (AvgIpc) is 3.39. The molecule has 0 radical (unpaired) electrons. The van der Waals surface area contributed by atoms with Crippen LogP contribution >= 0.6 is 0 Å². The van der Waals surface area contributed by atoms with E-state index >= 15 is 0 Å². The molecular weight excluding hydrogens is 509 g/mol. The number of halogens is 1.